The van der Waals surface area contributed by atoms with Gasteiger partial charge in [-0.1, -0.05) is 20.3 Å². The Kier molecular flexibility index (Phi) is 5.26. The van der Waals surface area contributed by atoms with E-state index in [1.165, 1.54) is 0 Å². The highest BCUT2D eigenvalue weighted by atomic mass is 16.3. The van der Waals surface area contributed by atoms with Gasteiger partial charge in [-0.2, -0.15) is 0 Å². The molecule has 0 aromatic rings. The molecule has 1 fully saturated rings. The third-order valence-corrected chi connectivity index (χ3v) is 3.42. The molecule has 1 saturated heterocycles. The largest absolute Gasteiger partial charge is 0.393 e. The summed E-state index contributed by atoms with van der Waals surface area (Å²) in [5.41, 5.74) is 0. The minimum Gasteiger partial charge on any atom is -0.393 e. The SMILES string of the molecule is CCCC(C)C(=O)N1CCCC1CC(C)O. The summed E-state index contributed by atoms with van der Waals surface area (Å²) < 4.78 is 0. The lowest BCUT2D eigenvalue weighted by atomic mass is 10.0. The molecule has 0 aliphatic carbocycles. The summed E-state index contributed by atoms with van der Waals surface area (Å²) in [4.78, 5) is 14.2. The van der Waals surface area contributed by atoms with Gasteiger partial charge in [-0.25, -0.2) is 0 Å². The lowest BCUT2D eigenvalue weighted by Crippen LogP contribution is -2.40. The Morgan fingerprint density at radius 2 is 2.19 bits per heavy atom. The Bertz CT molecular complexity index is 228. The second kappa shape index (κ2) is 6.24. The highest BCUT2D eigenvalue weighted by Crippen LogP contribution is 2.24. The fourth-order valence-electron chi connectivity index (χ4n) is 2.60. The zero-order valence-electron chi connectivity index (χ0n) is 10.8. The molecule has 94 valence electrons. The number of hydrogen-bond acceptors (Lipinski definition) is 2. The van der Waals surface area contributed by atoms with Crippen molar-refractivity contribution in [3.8, 4) is 0 Å². The summed E-state index contributed by atoms with van der Waals surface area (Å²) in [5.74, 6) is 0.421. The second-order valence-electron chi connectivity index (χ2n) is 5.10. The molecular formula is C13H25NO2. The summed E-state index contributed by atoms with van der Waals surface area (Å²) in [6, 6.07) is 0.270. The molecule has 1 aliphatic rings. The van der Waals surface area contributed by atoms with Crippen LogP contribution in [0.1, 0.15) is 52.9 Å². The van der Waals surface area contributed by atoms with Crippen molar-refractivity contribution in [2.75, 3.05) is 6.54 Å². The average Bonchev–Trinajstić information content (AvgIpc) is 2.64. The summed E-state index contributed by atoms with van der Waals surface area (Å²) in [5, 5.41) is 9.42. The lowest BCUT2D eigenvalue weighted by Gasteiger charge is -2.28. The molecule has 3 nitrogen and oxygen atoms in total. The smallest absolute Gasteiger partial charge is 0.225 e. The Labute approximate surface area is 98.8 Å². The van der Waals surface area contributed by atoms with Gasteiger partial charge in [0.25, 0.3) is 0 Å². The first-order valence-corrected chi connectivity index (χ1v) is 6.54. The van der Waals surface area contributed by atoms with Crippen LogP contribution in [-0.2, 0) is 4.79 Å². The molecule has 0 saturated carbocycles. The number of likely N-dealkylation sites (tertiary alicyclic amines) is 1. The molecule has 0 bridgehead atoms. The van der Waals surface area contributed by atoms with Crippen LogP contribution in [0.2, 0.25) is 0 Å². The van der Waals surface area contributed by atoms with E-state index in [4.69, 9.17) is 0 Å². The van der Waals surface area contributed by atoms with Crippen molar-refractivity contribution in [2.45, 2.75) is 65.0 Å². The number of carbonyl (C=O) groups excluding carboxylic acids is 1. The van der Waals surface area contributed by atoms with Crippen LogP contribution < -0.4 is 0 Å². The molecule has 1 aliphatic heterocycles. The zero-order chi connectivity index (χ0) is 12.1. The number of carbonyl (C=O) groups is 1. The van der Waals surface area contributed by atoms with Crippen LogP contribution in [0.25, 0.3) is 0 Å². The minimum atomic E-state index is -0.306. The van der Waals surface area contributed by atoms with E-state index < -0.39 is 0 Å². The lowest BCUT2D eigenvalue weighted by molar-refractivity contribution is -0.136. The predicted octanol–water partition coefficient (Wildman–Crippen LogP) is 2.18. The molecule has 3 heteroatoms. The summed E-state index contributed by atoms with van der Waals surface area (Å²) in [7, 11) is 0. The van der Waals surface area contributed by atoms with Crippen LogP contribution in [0.4, 0.5) is 0 Å². The van der Waals surface area contributed by atoms with Crippen LogP contribution in [-0.4, -0.2) is 34.6 Å². The van der Waals surface area contributed by atoms with Crippen molar-refractivity contribution in [3.05, 3.63) is 0 Å². The molecule has 0 aromatic heterocycles. The second-order valence-corrected chi connectivity index (χ2v) is 5.10. The number of aliphatic hydroxyl groups is 1. The van der Waals surface area contributed by atoms with Crippen LogP contribution in [0.15, 0.2) is 0 Å². The van der Waals surface area contributed by atoms with E-state index in [-0.39, 0.29) is 24.0 Å². The van der Waals surface area contributed by atoms with E-state index in [2.05, 4.69) is 6.92 Å². The number of aliphatic hydroxyl groups excluding tert-OH is 1. The van der Waals surface area contributed by atoms with E-state index >= 15 is 0 Å². The number of rotatable bonds is 5. The monoisotopic (exact) mass is 227 g/mol. The van der Waals surface area contributed by atoms with Crippen LogP contribution >= 0.6 is 0 Å². The molecule has 3 unspecified atom stereocenters. The Morgan fingerprint density at radius 1 is 1.50 bits per heavy atom. The number of hydrogen-bond donors (Lipinski definition) is 1. The molecule has 0 aromatic carbocycles. The van der Waals surface area contributed by atoms with Crippen molar-refractivity contribution in [2.24, 2.45) is 5.92 Å². The van der Waals surface area contributed by atoms with Gasteiger partial charge in [0.05, 0.1) is 6.10 Å². The van der Waals surface area contributed by atoms with Crippen LogP contribution in [0.3, 0.4) is 0 Å². The maximum absolute atomic E-state index is 12.2. The minimum absolute atomic E-state index is 0.139. The molecule has 1 N–H and O–H groups in total. The quantitative estimate of drug-likeness (QED) is 0.782. The third kappa shape index (κ3) is 3.48. The zero-order valence-corrected chi connectivity index (χ0v) is 10.8. The van der Waals surface area contributed by atoms with Crippen LogP contribution in [0, 0.1) is 5.92 Å². The Morgan fingerprint density at radius 3 is 2.75 bits per heavy atom. The Hall–Kier alpha value is -0.570. The first kappa shape index (κ1) is 13.5. The maximum atomic E-state index is 12.2. The molecule has 3 atom stereocenters. The maximum Gasteiger partial charge on any atom is 0.225 e. The topological polar surface area (TPSA) is 40.5 Å². The fraction of sp³-hybridized carbons (Fsp3) is 0.923. The van der Waals surface area contributed by atoms with E-state index in [9.17, 15) is 9.90 Å². The normalized spacial score (nSPS) is 24.5. The van der Waals surface area contributed by atoms with E-state index in [1.807, 2.05) is 11.8 Å². The molecule has 16 heavy (non-hydrogen) atoms. The van der Waals surface area contributed by atoms with Crippen molar-refractivity contribution in [3.63, 3.8) is 0 Å². The van der Waals surface area contributed by atoms with Gasteiger partial charge in [-0.05, 0) is 32.6 Å². The van der Waals surface area contributed by atoms with Crippen LogP contribution in [0.5, 0.6) is 0 Å². The van der Waals surface area contributed by atoms with Crippen molar-refractivity contribution < 1.29 is 9.90 Å². The fourth-order valence-corrected chi connectivity index (χ4v) is 2.60. The highest BCUT2D eigenvalue weighted by Gasteiger charge is 2.31. The number of nitrogens with zero attached hydrogens (tertiary/aromatic N) is 1. The summed E-state index contributed by atoms with van der Waals surface area (Å²) in [6.45, 7) is 6.81. The first-order valence-electron chi connectivity index (χ1n) is 6.54. The van der Waals surface area contributed by atoms with Crippen molar-refractivity contribution in [1.29, 1.82) is 0 Å². The molecular weight excluding hydrogens is 202 g/mol. The van der Waals surface area contributed by atoms with Gasteiger partial charge in [0.15, 0.2) is 0 Å². The molecule has 0 radical (unpaired) electrons. The predicted molar refractivity (Wildman–Crippen MR) is 65.1 cm³/mol. The van der Waals surface area contributed by atoms with Gasteiger partial charge in [0.1, 0.15) is 0 Å². The summed E-state index contributed by atoms with van der Waals surface area (Å²) >= 11 is 0. The highest BCUT2D eigenvalue weighted by molar-refractivity contribution is 5.79. The summed E-state index contributed by atoms with van der Waals surface area (Å²) in [6.07, 6.45) is 4.58. The van der Waals surface area contributed by atoms with Gasteiger partial charge in [-0.15, -0.1) is 0 Å². The van der Waals surface area contributed by atoms with Crippen molar-refractivity contribution >= 4 is 5.91 Å². The number of amides is 1. The molecule has 1 rings (SSSR count). The van der Waals surface area contributed by atoms with Gasteiger partial charge < -0.3 is 10.0 Å². The van der Waals surface area contributed by atoms with E-state index in [1.54, 1.807) is 6.92 Å². The third-order valence-electron chi connectivity index (χ3n) is 3.42. The van der Waals surface area contributed by atoms with E-state index in [0.29, 0.717) is 0 Å². The first-order chi connectivity index (χ1) is 7.56. The average molecular weight is 227 g/mol. The molecule has 1 amide bonds. The standard InChI is InChI=1S/C13H25NO2/c1-4-6-10(2)13(16)14-8-5-7-12(14)9-11(3)15/h10-12,15H,4-9H2,1-3H3. The van der Waals surface area contributed by atoms with Gasteiger partial charge >= 0.3 is 0 Å². The molecule has 1 heterocycles. The van der Waals surface area contributed by atoms with Gasteiger partial charge in [0.2, 0.25) is 5.91 Å². The van der Waals surface area contributed by atoms with Gasteiger partial charge in [0, 0.05) is 18.5 Å². The van der Waals surface area contributed by atoms with E-state index in [0.717, 1.165) is 38.6 Å². The molecule has 0 spiro atoms. The van der Waals surface area contributed by atoms with Gasteiger partial charge in [-0.3, -0.25) is 4.79 Å². The Balaban J connectivity index is 2.53. The van der Waals surface area contributed by atoms with Crippen molar-refractivity contribution in [1.82, 2.24) is 4.90 Å².